The van der Waals surface area contributed by atoms with Crippen molar-refractivity contribution in [3.8, 4) is 0 Å². The molecule has 1 fully saturated rings. The molecule has 1 aliphatic rings. The Bertz CT molecular complexity index is 75.0. The maximum absolute atomic E-state index is 5.41. The molecule has 54 valence electrons. The lowest BCUT2D eigenvalue weighted by atomic mass is 10.1. The van der Waals surface area contributed by atoms with Gasteiger partial charge in [0.25, 0.3) is 0 Å². The Kier molecular flexibility index (Phi) is 2.49. The van der Waals surface area contributed by atoms with Crippen LogP contribution in [-0.2, 0) is 9.47 Å². The molecule has 0 radical (unpaired) electrons. The van der Waals surface area contributed by atoms with Crippen molar-refractivity contribution in [1.29, 1.82) is 0 Å². The van der Waals surface area contributed by atoms with E-state index in [1.165, 1.54) is 0 Å². The van der Waals surface area contributed by atoms with Crippen LogP contribution < -0.4 is 0 Å². The Hall–Kier alpha value is -0.0800. The first-order chi connectivity index (χ1) is 4.30. The molecule has 9 heavy (non-hydrogen) atoms. The van der Waals surface area contributed by atoms with Crippen LogP contribution >= 0.6 is 0 Å². The lowest BCUT2D eigenvalue weighted by molar-refractivity contribution is -0.105. The van der Waals surface area contributed by atoms with Crippen molar-refractivity contribution in [2.45, 2.75) is 20.0 Å². The van der Waals surface area contributed by atoms with Gasteiger partial charge in [0.15, 0.2) is 0 Å². The van der Waals surface area contributed by atoms with Crippen LogP contribution in [0.25, 0.3) is 0 Å². The molecule has 0 aromatic rings. The van der Waals surface area contributed by atoms with E-state index in [0.717, 1.165) is 19.8 Å². The maximum Gasteiger partial charge on any atom is 0.0832 e. The van der Waals surface area contributed by atoms with E-state index in [2.05, 4.69) is 13.8 Å². The fraction of sp³-hybridized carbons (Fsp3) is 1.00. The fourth-order valence-corrected chi connectivity index (χ4v) is 0.891. The molecule has 0 aliphatic carbocycles. The zero-order chi connectivity index (χ0) is 6.69. The summed E-state index contributed by atoms with van der Waals surface area (Å²) in [6.45, 7) is 6.61. The van der Waals surface area contributed by atoms with Crippen LogP contribution in [0.5, 0.6) is 0 Å². The van der Waals surface area contributed by atoms with E-state index < -0.39 is 0 Å². The minimum Gasteiger partial charge on any atom is -0.376 e. The average Bonchev–Trinajstić information content (AvgIpc) is 1.90. The first-order valence-corrected chi connectivity index (χ1v) is 3.50. The molecule has 0 unspecified atom stereocenters. The second-order valence-electron chi connectivity index (χ2n) is 2.73. The van der Waals surface area contributed by atoms with Gasteiger partial charge in [-0.2, -0.15) is 0 Å². The number of hydrogen-bond acceptors (Lipinski definition) is 2. The highest BCUT2D eigenvalue weighted by atomic mass is 16.6. The van der Waals surface area contributed by atoms with Crippen LogP contribution in [0.2, 0.25) is 0 Å². The van der Waals surface area contributed by atoms with Crippen molar-refractivity contribution in [3.05, 3.63) is 0 Å². The molecule has 0 N–H and O–H groups in total. The van der Waals surface area contributed by atoms with E-state index in [1.807, 2.05) is 0 Å². The van der Waals surface area contributed by atoms with Crippen LogP contribution in [0, 0.1) is 5.92 Å². The van der Waals surface area contributed by atoms with Crippen molar-refractivity contribution in [3.63, 3.8) is 0 Å². The molecule has 0 aromatic carbocycles. The van der Waals surface area contributed by atoms with E-state index in [0.29, 0.717) is 12.0 Å². The van der Waals surface area contributed by atoms with Crippen LogP contribution in [0.1, 0.15) is 13.8 Å². The van der Waals surface area contributed by atoms with E-state index >= 15 is 0 Å². The summed E-state index contributed by atoms with van der Waals surface area (Å²) < 4.78 is 10.6. The summed E-state index contributed by atoms with van der Waals surface area (Å²) in [5.41, 5.74) is 0. The van der Waals surface area contributed by atoms with Crippen LogP contribution in [0.4, 0.5) is 0 Å². The van der Waals surface area contributed by atoms with Gasteiger partial charge in [-0.3, -0.25) is 0 Å². The highest BCUT2D eigenvalue weighted by Crippen LogP contribution is 2.09. The third-order valence-corrected chi connectivity index (χ3v) is 1.59. The Labute approximate surface area is 56.2 Å². The summed E-state index contributed by atoms with van der Waals surface area (Å²) >= 11 is 0. The molecular weight excluding hydrogens is 116 g/mol. The van der Waals surface area contributed by atoms with Crippen molar-refractivity contribution >= 4 is 0 Å². The highest BCUT2D eigenvalue weighted by molar-refractivity contribution is 4.63. The van der Waals surface area contributed by atoms with Gasteiger partial charge in [0.05, 0.1) is 25.9 Å². The number of rotatable bonds is 1. The van der Waals surface area contributed by atoms with Gasteiger partial charge in [0.2, 0.25) is 0 Å². The Morgan fingerprint density at radius 1 is 1.33 bits per heavy atom. The molecule has 1 aliphatic heterocycles. The summed E-state index contributed by atoms with van der Waals surface area (Å²) in [6.07, 6.45) is 0.332. The molecule has 1 heterocycles. The predicted octanol–water partition coefficient (Wildman–Crippen LogP) is 1.06. The second kappa shape index (κ2) is 3.18. The molecule has 1 saturated heterocycles. The van der Waals surface area contributed by atoms with E-state index in [9.17, 15) is 0 Å². The van der Waals surface area contributed by atoms with Gasteiger partial charge in [0.1, 0.15) is 0 Å². The first kappa shape index (κ1) is 7.03. The lowest BCUT2D eigenvalue weighted by Gasteiger charge is -2.25. The highest BCUT2D eigenvalue weighted by Gasteiger charge is 2.16. The normalized spacial score (nSPS) is 29.0. The SMILES string of the molecule is CC(C)[C@@H]1COCCO1. The Morgan fingerprint density at radius 3 is 2.44 bits per heavy atom. The van der Waals surface area contributed by atoms with E-state index in [1.54, 1.807) is 0 Å². The Morgan fingerprint density at radius 2 is 2.11 bits per heavy atom. The van der Waals surface area contributed by atoms with E-state index in [-0.39, 0.29) is 0 Å². The smallest absolute Gasteiger partial charge is 0.0832 e. The van der Waals surface area contributed by atoms with Crippen molar-refractivity contribution in [2.24, 2.45) is 5.92 Å². The molecular formula is C7H14O2. The van der Waals surface area contributed by atoms with Crippen LogP contribution in [-0.4, -0.2) is 25.9 Å². The molecule has 0 amide bonds. The molecule has 2 nitrogen and oxygen atoms in total. The second-order valence-corrected chi connectivity index (χ2v) is 2.73. The third kappa shape index (κ3) is 1.95. The van der Waals surface area contributed by atoms with Gasteiger partial charge in [-0.05, 0) is 5.92 Å². The van der Waals surface area contributed by atoms with Gasteiger partial charge in [-0.15, -0.1) is 0 Å². The number of ether oxygens (including phenoxy) is 2. The first-order valence-electron chi connectivity index (χ1n) is 3.50. The van der Waals surface area contributed by atoms with Crippen molar-refractivity contribution in [1.82, 2.24) is 0 Å². The molecule has 0 saturated carbocycles. The molecule has 1 atom stereocenters. The molecule has 0 aromatic heterocycles. The quantitative estimate of drug-likeness (QED) is 0.528. The zero-order valence-electron chi connectivity index (χ0n) is 6.09. The summed E-state index contributed by atoms with van der Waals surface area (Å²) in [4.78, 5) is 0. The van der Waals surface area contributed by atoms with E-state index in [4.69, 9.17) is 9.47 Å². The summed E-state index contributed by atoms with van der Waals surface area (Å²) in [6, 6.07) is 0. The monoisotopic (exact) mass is 130 g/mol. The molecule has 0 bridgehead atoms. The van der Waals surface area contributed by atoms with Gasteiger partial charge in [0, 0.05) is 0 Å². The zero-order valence-corrected chi connectivity index (χ0v) is 6.09. The topological polar surface area (TPSA) is 18.5 Å². The summed E-state index contributed by atoms with van der Waals surface area (Å²) in [5.74, 6) is 0.588. The minimum atomic E-state index is 0.332. The van der Waals surface area contributed by atoms with Crippen LogP contribution in [0.15, 0.2) is 0 Å². The Balaban J connectivity index is 2.23. The van der Waals surface area contributed by atoms with Crippen LogP contribution in [0.3, 0.4) is 0 Å². The average molecular weight is 130 g/mol. The lowest BCUT2D eigenvalue weighted by Crippen LogP contribution is -2.32. The molecule has 0 spiro atoms. The largest absolute Gasteiger partial charge is 0.376 e. The van der Waals surface area contributed by atoms with Crippen molar-refractivity contribution < 1.29 is 9.47 Å². The predicted molar refractivity (Wildman–Crippen MR) is 35.4 cm³/mol. The summed E-state index contributed by atoms with van der Waals surface area (Å²) in [7, 11) is 0. The minimum absolute atomic E-state index is 0.332. The standard InChI is InChI=1S/C7H14O2/c1-6(2)7-5-8-3-4-9-7/h6-7H,3-5H2,1-2H3/t7-/m0/s1. The van der Waals surface area contributed by atoms with Crippen molar-refractivity contribution in [2.75, 3.05) is 19.8 Å². The fourth-order valence-electron chi connectivity index (χ4n) is 0.891. The van der Waals surface area contributed by atoms with Gasteiger partial charge in [-0.25, -0.2) is 0 Å². The third-order valence-electron chi connectivity index (χ3n) is 1.59. The van der Waals surface area contributed by atoms with Gasteiger partial charge >= 0.3 is 0 Å². The number of hydrogen-bond donors (Lipinski definition) is 0. The summed E-state index contributed by atoms with van der Waals surface area (Å²) in [5, 5.41) is 0. The maximum atomic E-state index is 5.41. The van der Waals surface area contributed by atoms with Gasteiger partial charge in [-0.1, -0.05) is 13.8 Å². The molecule has 2 heteroatoms. The van der Waals surface area contributed by atoms with Gasteiger partial charge < -0.3 is 9.47 Å². The molecule has 1 rings (SSSR count).